The van der Waals surface area contributed by atoms with E-state index in [1.165, 1.54) is 11.0 Å². The number of amides is 1. The zero-order chi connectivity index (χ0) is 12.6. The van der Waals surface area contributed by atoms with Gasteiger partial charge in [0.15, 0.2) is 11.6 Å². The summed E-state index contributed by atoms with van der Waals surface area (Å²) >= 11 is 0. The second kappa shape index (κ2) is 4.07. The predicted molar refractivity (Wildman–Crippen MR) is 57.5 cm³/mol. The summed E-state index contributed by atoms with van der Waals surface area (Å²) in [5, 5.41) is 9.76. The molecule has 1 heterocycles. The Morgan fingerprint density at radius 3 is 2.59 bits per heavy atom. The van der Waals surface area contributed by atoms with E-state index in [1.807, 2.05) is 6.92 Å². The Hall–Kier alpha value is -1.49. The number of rotatable bonds is 2. The van der Waals surface area contributed by atoms with E-state index in [0.717, 1.165) is 12.1 Å². The summed E-state index contributed by atoms with van der Waals surface area (Å²) in [7, 11) is 0. The van der Waals surface area contributed by atoms with E-state index in [4.69, 9.17) is 0 Å². The van der Waals surface area contributed by atoms with Crippen LogP contribution in [-0.4, -0.2) is 34.6 Å². The van der Waals surface area contributed by atoms with Gasteiger partial charge in [0.05, 0.1) is 18.7 Å². The third-order valence-corrected chi connectivity index (χ3v) is 3.08. The Morgan fingerprint density at radius 1 is 1.41 bits per heavy atom. The summed E-state index contributed by atoms with van der Waals surface area (Å²) < 4.78 is 25.6. The molecule has 1 aromatic rings. The molecule has 92 valence electrons. The summed E-state index contributed by atoms with van der Waals surface area (Å²) in [6.07, 6.45) is 0.564. The molecule has 0 atom stereocenters. The Bertz CT molecular complexity index is 456. The molecule has 1 amide bonds. The van der Waals surface area contributed by atoms with Gasteiger partial charge < -0.3 is 10.0 Å². The lowest BCUT2D eigenvalue weighted by molar-refractivity contribution is -0.0826. The molecule has 3 nitrogen and oxygen atoms in total. The molecule has 0 aliphatic carbocycles. The number of halogens is 2. The molecule has 0 saturated carbocycles. The summed E-state index contributed by atoms with van der Waals surface area (Å²) in [6.45, 7) is 2.31. The molecule has 1 fully saturated rings. The van der Waals surface area contributed by atoms with Crippen LogP contribution in [0.25, 0.3) is 0 Å². The second-order valence-corrected chi connectivity index (χ2v) is 4.37. The Balaban J connectivity index is 2.09. The van der Waals surface area contributed by atoms with Crippen molar-refractivity contribution in [1.29, 1.82) is 0 Å². The highest BCUT2D eigenvalue weighted by Crippen LogP contribution is 2.26. The molecule has 2 rings (SSSR count). The van der Waals surface area contributed by atoms with Gasteiger partial charge in [0.1, 0.15) is 0 Å². The molecule has 0 radical (unpaired) electrons. The van der Waals surface area contributed by atoms with E-state index in [0.29, 0.717) is 6.42 Å². The maximum absolute atomic E-state index is 12.9. The summed E-state index contributed by atoms with van der Waals surface area (Å²) in [4.78, 5) is 13.2. The van der Waals surface area contributed by atoms with Crippen molar-refractivity contribution >= 4 is 5.91 Å². The lowest BCUT2D eigenvalue weighted by Crippen LogP contribution is -2.63. The molecule has 17 heavy (non-hydrogen) atoms. The number of aliphatic hydroxyl groups is 1. The quantitative estimate of drug-likeness (QED) is 0.853. The van der Waals surface area contributed by atoms with Crippen LogP contribution < -0.4 is 0 Å². The second-order valence-electron chi connectivity index (χ2n) is 4.37. The van der Waals surface area contributed by atoms with E-state index >= 15 is 0 Å². The smallest absolute Gasteiger partial charge is 0.254 e. The fraction of sp³-hybridized carbons (Fsp3) is 0.417. The average Bonchev–Trinajstić information content (AvgIpc) is 2.27. The third-order valence-electron chi connectivity index (χ3n) is 3.08. The van der Waals surface area contributed by atoms with Crippen LogP contribution in [0.15, 0.2) is 18.2 Å². The van der Waals surface area contributed by atoms with E-state index in [2.05, 4.69) is 0 Å². The fourth-order valence-corrected chi connectivity index (χ4v) is 1.84. The van der Waals surface area contributed by atoms with Gasteiger partial charge in [-0.2, -0.15) is 0 Å². The number of benzene rings is 1. The minimum Gasteiger partial charge on any atom is -0.386 e. The van der Waals surface area contributed by atoms with Crippen molar-refractivity contribution in [2.24, 2.45) is 0 Å². The van der Waals surface area contributed by atoms with Crippen molar-refractivity contribution in [3.63, 3.8) is 0 Å². The number of likely N-dealkylation sites (tertiary alicyclic amines) is 1. The molecule has 1 saturated heterocycles. The summed E-state index contributed by atoms with van der Waals surface area (Å²) in [5.74, 6) is -2.40. The van der Waals surface area contributed by atoms with E-state index in [9.17, 15) is 18.7 Å². The standard InChI is InChI=1S/C12H13F2NO2/c1-2-12(17)6-15(7-12)11(16)8-3-4-9(13)10(14)5-8/h3-5,17H,2,6-7H2,1H3. The first-order valence-corrected chi connectivity index (χ1v) is 5.42. The summed E-state index contributed by atoms with van der Waals surface area (Å²) in [5.41, 5.74) is -0.726. The third kappa shape index (κ3) is 2.15. The van der Waals surface area contributed by atoms with Crippen LogP contribution in [0.3, 0.4) is 0 Å². The Morgan fingerprint density at radius 2 is 2.06 bits per heavy atom. The minimum atomic E-state index is -1.04. The SMILES string of the molecule is CCC1(O)CN(C(=O)c2ccc(F)c(F)c2)C1. The van der Waals surface area contributed by atoms with E-state index in [-0.39, 0.29) is 24.6 Å². The monoisotopic (exact) mass is 241 g/mol. The zero-order valence-corrected chi connectivity index (χ0v) is 9.41. The van der Waals surface area contributed by atoms with Crippen LogP contribution in [0.1, 0.15) is 23.7 Å². The molecular formula is C12H13F2NO2. The normalized spacial score (nSPS) is 17.8. The number of hydrogen-bond donors (Lipinski definition) is 1. The largest absolute Gasteiger partial charge is 0.386 e. The van der Waals surface area contributed by atoms with Crippen molar-refractivity contribution in [2.45, 2.75) is 18.9 Å². The van der Waals surface area contributed by atoms with Gasteiger partial charge in [0, 0.05) is 5.56 Å². The highest BCUT2D eigenvalue weighted by atomic mass is 19.2. The number of β-amino-alcohol motifs (C(OH)–C–C–N with tert-alkyl or cyclic N) is 1. The van der Waals surface area contributed by atoms with Crippen LogP contribution in [0.4, 0.5) is 8.78 Å². The van der Waals surface area contributed by atoms with Gasteiger partial charge in [-0.25, -0.2) is 8.78 Å². The molecule has 1 N–H and O–H groups in total. The van der Waals surface area contributed by atoms with Gasteiger partial charge >= 0.3 is 0 Å². The van der Waals surface area contributed by atoms with Crippen molar-refractivity contribution in [2.75, 3.05) is 13.1 Å². The summed E-state index contributed by atoms with van der Waals surface area (Å²) in [6, 6.07) is 3.04. The van der Waals surface area contributed by atoms with Gasteiger partial charge in [-0.3, -0.25) is 4.79 Å². The van der Waals surface area contributed by atoms with Crippen molar-refractivity contribution in [3.8, 4) is 0 Å². The first-order chi connectivity index (χ1) is 7.95. The van der Waals surface area contributed by atoms with Crippen molar-refractivity contribution in [3.05, 3.63) is 35.4 Å². The highest BCUT2D eigenvalue weighted by molar-refractivity contribution is 5.94. The predicted octanol–water partition coefficient (Wildman–Crippen LogP) is 1.56. The number of carbonyl (C=O) groups is 1. The van der Waals surface area contributed by atoms with Crippen LogP contribution in [-0.2, 0) is 0 Å². The van der Waals surface area contributed by atoms with E-state index < -0.39 is 17.2 Å². The molecule has 0 bridgehead atoms. The highest BCUT2D eigenvalue weighted by Gasteiger charge is 2.42. The molecular weight excluding hydrogens is 228 g/mol. The first-order valence-electron chi connectivity index (χ1n) is 5.42. The van der Waals surface area contributed by atoms with Crippen molar-refractivity contribution in [1.82, 2.24) is 4.90 Å². The molecule has 0 aromatic heterocycles. The topological polar surface area (TPSA) is 40.5 Å². The number of carbonyl (C=O) groups excluding carboxylic acids is 1. The van der Waals surface area contributed by atoms with Gasteiger partial charge in [0.2, 0.25) is 0 Å². The zero-order valence-electron chi connectivity index (χ0n) is 9.41. The Labute approximate surface area is 97.7 Å². The molecule has 1 aliphatic heterocycles. The molecule has 0 unspecified atom stereocenters. The van der Waals surface area contributed by atoms with Gasteiger partial charge in [-0.1, -0.05) is 6.92 Å². The fourth-order valence-electron chi connectivity index (χ4n) is 1.84. The van der Waals surface area contributed by atoms with Crippen LogP contribution >= 0.6 is 0 Å². The lowest BCUT2D eigenvalue weighted by Gasteiger charge is -2.46. The minimum absolute atomic E-state index is 0.0991. The molecule has 5 heteroatoms. The number of nitrogens with zero attached hydrogens (tertiary/aromatic N) is 1. The molecule has 0 spiro atoms. The van der Waals surface area contributed by atoms with Gasteiger partial charge in [-0.05, 0) is 24.6 Å². The van der Waals surface area contributed by atoms with Crippen LogP contribution in [0.2, 0.25) is 0 Å². The van der Waals surface area contributed by atoms with Gasteiger partial charge in [0.25, 0.3) is 5.91 Å². The van der Waals surface area contributed by atoms with Crippen LogP contribution in [0, 0.1) is 11.6 Å². The maximum Gasteiger partial charge on any atom is 0.254 e. The first kappa shape index (κ1) is 12.0. The van der Waals surface area contributed by atoms with Crippen LogP contribution in [0.5, 0.6) is 0 Å². The maximum atomic E-state index is 12.9. The van der Waals surface area contributed by atoms with Crippen molar-refractivity contribution < 1.29 is 18.7 Å². The van der Waals surface area contributed by atoms with E-state index in [1.54, 1.807) is 0 Å². The molecule has 1 aliphatic rings. The Kier molecular flexibility index (Phi) is 2.87. The number of hydrogen-bond acceptors (Lipinski definition) is 2. The van der Waals surface area contributed by atoms with Gasteiger partial charge in [-0.15, -0.1) is 0 Å². The average molecular weight is 241 g/mol. The lowest BCUT2D eigenvalue weighted by atomic mass is 9.90. The molecule has 1 aromatic carbocycles.